The van der Waals surface area contributed by atoms with Crippen LogP contribution in [0.15, 0.2) is 65.8 Å². The predicted molar refractivity (Wildman–Crippen MR) is 106 cm³/mol. The molecular weight excluding hydrogens is 368 g/mol. The molecule has 0 saturated carbocycles. The van der Waals surface area contributed by atoms with Crippen molar-refractivity contribution in [3.8, 4) is 0 Å². The van der Waals surface area contributed by atoms with E-state index >= 15 is 0 Å². The van der Waals surface area contributed by atoms with Crippen molar-refractivity contribution in [1.82, 2.24) is 19.8 Å². The standard InChI is InChI=1S/C22H24N4O3/c27-20-19(26-12-9-23-15-26)17-5-1-2-6-18(17)22(20)7-10-25(11-8-22)21(28)24-14-16-4-3-13-29-16/h1-6,9,12-13,15,19-20,27H,7-8,10-11,14H2,(H,24,28)/t19-,20+/m1/s1. The monoisotopic (exact) mass is 392 g/mol. The van der Waals surface area contributed by atoms with E-state index in [0.29, 0.717) is 19.6 Å². The lowest BCUT2D eigenvalue weighted by Gasteiger charge is -2.42. The van der Waals surface area contributed by atoms with Gasteiger partial charge in [0.05, 0.1) is 31.3 Å². The molecule has 0 unspecified atom stereocenters. The van der Waals surface area contributed by atoms with E-state index in [2.05, 4.69) is 22.4 Å². The number of urea groups is 1. The van der Waals surface area contributed by atoms with Gasteiger partial charge in [0.2, 0.25) is 0 Å². The molecule has 150 valence electrons. The number of fused-ring (bicyclic) bond motifs is 2. The summed E-state index contributed by atoms with van der Waals surface area (Å²) in [5, 5.41) is 14.3. The molecule has 3 heterocycles. The molecule has 1 saturated heterocycles. The number of hydrogen-bond donors (Lipinski definition) is 2. The van der Waals surface area contributed by atoms with Gasteiger partial charge in [-0.1, -0.05) is 24.3 Å². The number of likely N-dealkylation sites (tertiary alicyclic amines) is 1. The van der Waals surface area contributed by atoms with Crippen LogP contribution in [0, 0.1) is 0 Å². The lowest BCUT2D eigenvalue weighted by molar-refractivity contribution is 0.0288. The van der Waals surface area contributed by atoms with Gasteiger partial charge in [-0.15, -0.1) is 0 Å². The van der Waals surface area contributed by atoms with Gasteiger partial charge in [-0.05, 0) is 36.1 Å². The summed E-state index contributed by atoms with van der Waals surface area (Å²) >= 11 is 0. The van der Waals surface area contributed by atoms with Crippen LogP contribution in [0.5, 0.6) is 0 Å². The third-order valence-electron chi connectivity index (χ3n) is 6.46. The number of benzene rings is 1. The maximum absolute atomic E-state index is 12.6. The summed E-state index contributed by atoms with van der Waals surface area (Å²) in [7, 11) is 0. The van der Waals surface area contributed by atoms with Crippen molar-refractivity contribution in [2.75, 3.05) is 13.1 Å². The van der Waals surface area contributed by atoms with Crippen molar-refractivity contribution in [2.45, 2.75) is 36.9 Å². The van der Waals surface area contributed by atoms with E-state index in [4.69, 9.17) is 4.42 Å². The van der Waals surface area contributed by atoms with Gasteiger partial charge < -0.3 is 24.3 Å². The minimum Gasteiger partial charge on any atom is -0.467 e. The molecule has 0 bridgehead atoms. The van der Waals surface area contributed by atoms with Crippen molar-refractivity contribution in [3.05, 3.63) is 78.3 Å². The smallest absolute Gasteiger partial charge is 0.317 e. The minimum absolute atomic E-state index is 0.0943. The van der Waals surface area contributed by atoms with Crippen LogP contribution in [0.3, 0.4) is 0 Å². The molecule has 3 aromatic rings. The van der Waals surface area contributed by atoms with E-state index in [1.54, 1.807) is 18.8 Å². The molecule has 1 spiro atoms. The van der Waals surface area contributed by atoms with E-state index in [-0.39, 0.29) is 17.5 Å². The number of imidazole rings is 1. The number of furan rings is 1. The highest BCUT2D eigenvalue weighted by atomic mass is 16.3. The van der Waals surface area contributed by atoms with Gasteiger partial charge in [-0.25, -0.2) is 9.78 Å². The van der Waals surface area contributed by atoms with E-state index in [1.807, 2.05) is 39.9 Å². The van der Waals surface area contributed by atoms with Gasteiger partial charge >= 0.3 is 6.03 Å². The van der Waals surface area contributed by atoms with Crippen LogP contribution in [0.4, 0.5) is 4.79 Å². The first-order valence-electron chi connectivity index (χ1n) is 9.99. The number of hydrogen-bond acceptors (Lipinski definition) is 4. The average Bonchev–Trinajstić information content (AvgIpc) is 3.50. The summed E-state index contributed by atoms with van der Waals surface area (Å²) in [5.41, 5.74) is 2.00. The topological polar surface area (TPSA) is 83.5 Å². The molecule has 7 heteroatoms. The van der Waals surface area contributed by atoms with Gasteiger partial charge in [0, 0.05) is 30.9 Å². The zero-order valence-corrected chi connectivity index (χ0v) is 16.1. The number of nitrogens with zero attached hydrogens (tertiary/aromatic N) is 3. The van der Waals surface area contributed by atoms with Gasteiger partial charge in [-0.2, -0.15) is 0 Å². The number of carbonyl (C=O) groups excluding carboxylic acids is 1. The fourth-order valence-corrected chi connectivity index (χ4v) is 4.96. The Labute approximate surface area is 169 Å². The molecule has 0 radical (unpaired) electrons. The van der Waals surface area contributed by atoms with Crippen LogP contribution >= 0.6 is 0 Å². The summed E-state index contributed by atoms with van der Waals surface area (Å²) in [4.78, 5) is 18.6. The Bertz CT molecular complexity index is 975. The van der Waals surface area contributed by atoms with Gasteiger partial charge in [-0.3, -0.25) is 0 Å². The quantitative estimate of drug-likeness (QED) is 0.718. The van der Waals surface area contributed by atoms with Crippen LogP contribution < -0.4 is 5.32 Å². The van der Waals surface area contributed by atoms with E-state index in [0.717, 1.165) is 24.2 Å². The van der Waals surface area contributed by atoms with Crippen LogP contribution in [0.1, 0.15) is 35.8 Å². The first-order chi connectivity index (χ1) is 14.2. The van der Waals surface area contributed by atoms with Crippen LogP contribution in [0.2, 0.25) is 0 Å². The normalized spacial score (nSPS) is 22.6. The van der Waals surface area contributed by atoms with Gasteiger partial charge in [0.15, 0.2) is 0 Å². The summed E-state index contributed by atoms with van der Waals surface area (Å²) in [5.74, 6) is 0.732. The van der Waals surface area contributed by atoms with Crippen molar-refractivity contribution >= 4 is 6.03 Å². The number of aliphatic hydroxyl groups excluding tert-OH is 1. The number of nitrogens with one attached hydrogen (secondary N) is 1. The Kier molecular flexibility index (Phi) is 4.39. The number of aromatic nitrogens is 2. The molecule has 2 N–H and O–H groups in total. The van der Waals surface area contributed by atoms with E-state index in [1.165, 1.54) is 5.56 Å². The zero-order valence-electron chi connectivity index (χ0n) is 16.1. The van der Waals surface area contributed by atoms with Crippen molar-refractivity contribution in [2.24, 2.45) is 0 Å². The Morgan fingerprint density at radius 2 is 2.07 bits per heavy atom. The second-order valence-electron chi connectivity index (χ2n) is 7.87. The number of carbonyl (C=O) groups is 1. The Balaban J connectivity index is 1.34. The van der Waals surface area contributed by atoms with Crippen molar-refractivity contribution in [3.63, 3.8) is 0 Å². The number of aliphatic hydroxyl groups is 1. The fourth-order valence-electron chi connectivity index (χ4n) is 4.96. The van der Waals surface area contributed by atoms with E-state index in [9.17, 15) is 9.90 Å². The number of amides is 2. The molecule has 2 aliphatic rings. The molecule has 2 amide bonds. The predicted octanol–water partition coefficient (Wildman–Crippen LogP) is 2.68. The lowest BCUT2D eigenvalue weighted by Crippen LogP contribution is -2.52. The third kappa shape index (κ3) is 2.93. The molecule has 1 aromatic carbocycles. The second-order valence-corrected chi connectivity index (χ2v) is 7.87. The highest BCUT2D eigenvalue weighted by Gasteiger charge is 2.53. The van der Waals surface area contributed by atoms with Crippen molar-refractivity contribution < 1.29 is 14.3 Å². The zero-order chi connectivity index (χ0) is 19.8. The molecule has 5 rings (SSSR count). The van der Waals surface area contributed by atoms with Gasteiger partial charge in [0.1, 0.15) is 5.76 Å². The maximum Gasteiger partial charge on any atom is 0.317 e. The van der Waals surface area contributed by atoms with Gasteiger partial charge in [0.25, 0.3) is 0 Å². The summed E-state index contributed by atoms with van der Waals surface area (Å²) in [6.45, 7) is 1.58. The fraction of sp³-hybridized carbons (Fsp3) is 0.364. The Morgan fingerprint density at radius 1 is 1.24 bits per heavy atom. The molecule has 2 aromatic heterocycles. The molecule has 29 heavy (non-hydrogen) atoms. The first-order valence-corrected chi connectivity index (χ1v) is 9.99. The molecule has 1 aliphatic carbocycles. The first kappa shape index (κ1) is 18.0. The molecule has 2 atom stereocenters. The highest BCUT2D eigenvalue weighted by molar-refractivity contribution is 5.74. The number of rotatable bonds is 3. The molecule has 7 nitrogen and oxygen atoms in total. The molecular formula is C22H24N4O3. The second kappa shape index (κ2) is 7.08. The Morgan fingerprint density at radius 3 is 2.79 bits per heavy atom. The summed E-state index contributed by atoms with van der Waals surface area (Å²) < 4.78 is 7.26. The summed E-state index contributed by atoms with van der Waals surface area (Å²) in [6.07, 6.45) is 7.91. The minimum atomic E-state index is -0.553. The summed E-state index contributed by atoms with van der Waals surface area (Å²) in [6, 6.07) is 11.7. The number of piperidine rings is 1. The lowest BCUT2D eigenvalue weighted by atomic mass is 9.72. The SMILES string of the molecule is O=C(NCc1ccco1)N1CCC2(CC1)c1ccccc1[C@@H](n1ccnc1)[C@@H]2O. The van der Waals surface area contributed by atoms with Crippen LogP contribution in [-0.2, 0) is 12.0 Å². The largest absolute Gasteiger partial charge is 0.467 e. The molecule has 1 fully saturated rings. The average molecular weight is 392 g/mol. The molecule has 1 aliphatic heterocycles. The third-order valence-corrected chi connectivity index (χ3v) is 6.46. The van der Waals surface area contributed by atoms with Crippen molar-refractivity contribution in [1.29, 1.82) is 0 Å². The Hall–Kier alpha value is -3.06. The maximum atomic E-state index is 12.6. The van der Waals surface area contributed by atoms with Crippen LogP contribution in [0.25, 0.3) is 0 Å². The van der Waals surface area contributed by atoms with E-state index < -0.39 is 6.10 Å². The highest BCUT2D eigenvalue weighted by Crippen LogP contribution is 2.52. The van der Waals surface area contributed by atoms with Crippen LogP contribution in [-0.4, -0.2) is 44.8 Å².